The molecule has 106 valence electrons. The summed E-state index contributed by atoms with van der Waals surface area (Å²) in [5, 5.41) is 0. The van der Waals surface area contributed by atoms with Gasteiger partial charge in [-0.15, -0.1) is 0 Å². The highest BCUT2D eigenvalue weighted by molar-refractivity contribution is 5.86. The topological polar surface area (TPSA) is 41.9 Å². The minimum Gasteiger partial charge on any atom is -0.474 e. The number of rotatable bonds is 2. The van der Waals surface area contributed by atoms with Crippen molar-refractivity contribution in [3.05, 3.63) is 0 Å². The van der Waals surface area contributed by atoms with Crippen LogP contribution >= 0.6 is 0 Å². The zero-order valence-electron chi connectivity index (χ0n) is 11.8. The number of amides is 1. The molecule has 2 atom stereocenters. The summed E-state index contributed by atoms with van der Waals surface area (Å²) in [6.45, 7) is 3.88. The van der Waals surface area contributed by atoms with E-state index in [4.69, 9.17) is 4.74 Å². The lowest BCUT2D eigenvalue weighted by molar-refractivity contribution is -0.137. The maximum atomic E-state index is 12.6. The number of likely N-dealkylation sites (tertiary alicyclic amines) is 1. The lowest BCUT2D eigenvalue weighted by atomic mass is 9.74. The molecular weight excluding hydrogens is 240 g/mol. The van der Waals surface area contributed by atoms with Gasteiger partial charge in [-0.1, -0.05) is 19.3 Å². The zero-order valence-corrected chi connectivity index (χ0v) is 11.8. The van der Waals surface area contributed by atoms with E-state index < -0.39 is 5.60 Å². The molecule has 1 aliphatic carbocycles. The van der Waals surface area contributed by atoms with Crippen LogP contribution in [0.2, 0.25) is 0 Å². The molecule has 2 heterocycles. The summed E-state index contributed by atoms with van der Waals surface area (Å²) in [5.74, 6) is 0.652. The van der Waals surface area contributed by atoms with Crippen molar-refractivity contribution in [2.45, 2.75) is 63.5 Å². The summed E-state index contributed by atoms with van der Waals surface area (Å²) in [6.07, 6.45) is 9.95. The van der Waals surface area contributed by atoms with E-state index in [2.05, 4.69) is 11.9 Å². The minimum atomic E-state index is -0.403. The van der Waals surface area contributed by atoms with Gasteiger partial charge in [0.2, 0.25) is 0 Å². The Balaban J connectivity index is 1.75. The molecule has 2 aliphatic heterocycles. The van der Waals surface area contributed by atoms with Crippen LogP contribution in [0, 0.1) is 5.92 Å². The van der Waals surface area contributed by atoms with Gasteiger partial charge in [0.25, 0.3) is 5.91 Å². The number of hydrogen-bond acceptors (Lipinski definition) is 3. The van der Waals surface area contributed by atoms with Crippen LogP contribution in [-0.4, -0.2) is 41.9 Å². The van der Waals surface area contributed by atoms with E-state index in [1.807, 2.05) is 4.90 Å². The van der Waals surface area contributed by atoms with Crippen molar-refractivity contribution in [3.63, 3.8) is 0 Å². The molecule has 4 heteroatoms. The molecule has 0 aromatic carbocycles. The maximum absolute atomic E-state index is 12.6. The second kappa shape index (κ2) is 5.14. The monoisotopic (exact) mass is 264 g/mol. The van der Waals surface area contributed by atoms with Gasteiger partial charge in [0.05, 0.1) is 0 Å². The first-order valence-electron chi connectivity index (χ1n) is 7.70. The van der Waals surface area contributed by atoms with Crippen molar-refractivity contribution in [2.24, 2.45) is 10.9 Å². The first-order valence-corrected chi connectivity index (χ1v) is 7.70. The van der Waals surface area contributed by atoms with E-state index in [9.17, 15) is 4.79 Å². The van der Waals surface area contributed by atoms with Gasteiger partial charge < -0.3 is 9.64 Å². The van der Waals surface area contributed by atoms with Gasteiger partial charge in [-0.05, 0) is 32.6 Å². The SMILES string of the molecule is C[C@]1(C2CCCCC2)OC=N[C@@H]1C(=O)N1CCCC1. The Hall–Kier alpha value is -1.06. The molecule has 0 unspecified atom stereocenters. The summed E-state index contributed by atoms with van der Waals surface area (Å²) in [6, 6.07) is -0.311. The Morgan fingerprint density at radius 2 is 1.89 bits per heavy atom. The maximum Gasteiger partial charge on any atom is 0.251 e. The third-order valence-electron chi connectivity index (χ3n) is 5.13. The number of ether oxygens (including phenoxy) is 1. The van der Waals surface area contributed by atoms with Gasteiger partial charge in [0, 0.05) is 19.0 Å². The van der Waals surface area contributed by atoms with Crippen LogP contribution < -0.4 is 0 Å². The van der Waals surface area contributed by atoms with E-state index in [0.717, 1.165) is 25.9 Å². The fraction of sp³-hybridized carbons (Fsp3) is 0.867. The van der Waals surface area contributed by atoms with Crippen molar-refractivity contribution in [1.29, 1.82) is 0 Å². The molecule has 1 amide bonds. The van der Waals surface area contributed by atoms with Gasteiger partial charge >= 0.3 is 0 Å². The van der Waals surface area contributed by atoms with Gasteiger partial charge in [0.15, 0.2) is 12.4 Å². The van der Waals surface area contributed by atoms with Crippen molar-refractivity contribution >= 4 is 12.3 Å². The molecule has 1 saturated heterocycles. The van der Waals surface area contributed by atoms with Crippen molar-refractivity contribution < 1.29 is 9.53 Å². The van der Waals surface area contributed by atoms with Crippen molar-refractivity contribution in [2.75, 3.05) is 13.1 Å². The summed E-state index contributed by atoms with van der Waals surface area (Å²) >= 11 is 0. The average Bonchev–Trinajstić information content (AvgIpc) is 3.09. The molecule has 19 heavy (non-hydrogen) atoms. The van der Waals surface area contributed by atoms with E-state index in [1.165, 1.54) is 38.5 Å². The highest BCUT2D eigenvalue weighted by Gasteiger charge is 2.50. The van der Waals surface area contributed by atoms with Gasteiger partial charge in [-0.3, -0.25) is 4.79 Å². The zero-order chi connectivity index (χ0) is 13.3. The van der Waals surface area contributed by atoms with Gasteiger partial charge in [-0.25, -0.2) is 4.99 Å². The summed E-state index contributed by atoms with van der Waals surface area (Å²) in [4.78, 5) is 19.0. The lowest BCUT2D eigenvalue weighted by Gasteiger charge is -2.39. The number of carbonyl (C=O) groups excluding carboxylic acids is 1. The highest BCUT2D eigenvalue weighted by Crippen LogP contribution is 2.40. The van der Waals surface area contributed by atoms with Gasteiger partial charge in [-0.2, -0.15) is 0 Å². The third-order valence-corrected chi connectivity index (χ3v) is 5.13. The van der Waals surface area contributed by atoms with E-state index in [1.54, 1.807) is 0 Å². The number of nitrogens with zero attached hydrogens (tertiary/aromatic N) is 2. The van der Waals surface area contributed by atoms with Crippen LogP contribution in [0.1, 0.15) is 51.9 Å². The fourth-order valence-electron chi connectivity index (χ4n) is 3.83. The number of aliphatic imine (C=N–C) groups is 1. The van der Waals surface area contributed by atoms with E-state index in [-0.39, 0.29) is 11.9 Å². The summed E-state index contributed by atoms with van der Waals surface area (Å²) in [7, 11) is 0. The van der Waals surface area contributed by atoms with Crippen LogP contribution in [0.4, 0.5) is 0 Å². The largest absolute Gasteiger partial charge is 0.474 e. The average molecular weight is 264 g/mol. The predicted molar refractivity (Wildman–Crippen MR) is 74.2 cm³/mol. The summed E-state index contributed by atoms with van der Waals surface area (Å²) < 4.78 is 5.83. The molecule has 0 radical (unpaired) electrons. The lowest BCUT2D eigenvalue weighted by Crippen LogP contribution is -2.52. The first kappa shape index (κ1) is 12.9. The molecule has 0 aromatic rings. The highest BCUT2D eigenvalue weighted by atomic mass is 16.5. The third kappa shape index (κ3) is 2.26. The summed E-state index contributed by atoms with van der Waals surface area (Å²) in [5.41, 5.74) is -0.403. The Kier molecular flexibility index (Phi) is 3.50. The Morgan fingerprint density at radius 3 is 2.58 bits per heavy atom. The standard InChI is InChI=1S/C15H24N2O2/c1-15(12-7-3-2-4-8-12)13(16-11-19-15)14(18)17-9-5-6-10-17/h11-13H,2-10H2,1H3/t13-,15-/m1/s1. The molecular formula is C15H24N2O2. The van der Waals surface area contributed by atoms with E-state index in [0.29, 0.717) is 5.92 Å². The quantitative estimate of drug-likeness (QED) is 0.768. The molecule has 0 aromatic heterocycles. The van der Waals surface area contributed by atoms with Crippen LogP contribution in [0.5, 0.6) is 0 Å². The van der Waals surface area contributed by atoms with Gasteiger partial charge in [0.1, 0.15) is 5.60 Å². The van der Waals surface area contributed by atoms with Crippen LogP contribution in [0.25, 0.3) is 0 Å². The van der Waals surface area contributed by atoms with Crippen LogP contribution in [0.15, 0.2) is 4.99 Å². The number of carbonyl (C=O) groups is 1. The molecule has 1 saturated carbocycles. The second-order valence-electron chi connectivity index (χ2n) is 6.33. The molecule has 4 nitrogen and oxygen atoms in total. The molecule has 2 fully saturated rings. The van der Waals surface area contributed by atoms with Crippen molar-refractivity contribution in [1.82, 2.24) is 4.90 Å². The first-order chi connectivity index (χ1) is 9.22. The molecule has 0 spiro atoms. The predicted octanol–water partition coefficient (Wildman–Crippen LogP) is 2.37. The molecule has 3 aliphatic rings. The Labute approximate surface area is 115 Å². The minimum absolute atomic E-state index is 0.180. The normalized spacial score (nSPS) is 35.6. The van der Waals surface area contributed by atoms with Crippen LogP contribution in [0.3, 0.4) is 0 Å². The Morgan fingerprint density at radius 1 is 1.21 bits per heavy atom. The molecule has 0 bridgehead atoms. The molecule has 3 rings (SSSR count). The van der Waals surface area contributed by atoms with Crippen LogP contribution in [-0.2, 0) is 9.53 Å². The second-order valence-corrected chi connectivity index (χ2v) is 6.33. The molecule has 0 N–H and O–H groups in total. The number of hydrogen-bond donors (Lipinski definition) is 0. The fourth-order valence-corrected chi connectivity index (χ4v) is 3.83. The Bertz CT molecular complexity index is 370. The van der Waals surface area contributed by atoms with Crippen molar-refractivity contribution in [3.8, 4) is 0 Å². The smallest absolute Gasteiger partial charge is 0.251 e. The van der Waals surface area contributed by atoms with E-state index >= 15 is 0 Å².